The number of nitrogens with one attached hydrogen (secondary N) is 1. The van der Waals surface area contributed by atoms with E-state index in [4.69, 9.17) is 5.73 Å². The predicted molar refractivity (Wildman–Crippen MR) is 131 cm³/mol. The number of unbranched alkanes of at least 4 members (excludes halogenated alkanes) is 1. The van der Waals surface area contributed by atoms with E-state index in [1.165, 1.54) is 16.3 Å². The van der Waals surface area contributed by atoms with Crippen molar-refractivity contribution in [2.45, 2.75) is 101 Å². The van der Waals surface area contributed by atoms with Crippen molar-refractivity contribution in [3.05, 3.63) is 26.7 Å². The highest BCUT2D eigenvalue weighted by Crippen LogP contribution is 2.46. The van der Waals surface area contributed by atoms with E-state index in [0.29, 0.717) is 18.5 Å². The Morgan fingerprint density at radius 1 is 1.15 bits per heavy atom. The Morgan fingerprint density at radius 2 is 1.88 bits per heavy atom. The molecule has 0 saturated heterocycles. The van der Waals surface area contributed by atoms with Crippen LogP contribution in [0, 0.1) is 0 Å². The van der Waals surface area contributed by atoms with E-state index in [2.05, 4.69) is 19.7 Å². The van der Waals surface area contributed by atoms with Gasteiger partial charge in [-0.3, -0.25) is 19.1 Å². The summed E-state index contributed by atoms with van der Waals surface area (Å²) in [5.41, 5.74) is 5.35. The third-order valence-electron chi connectivity index (χ3n) is 7.02. The summed E-state index contributed by atoms with van der Waals surface area (Å²) >= 11 is 1.38. The molecule has 0 unspecified atom stereocenters. The minimum Gasteiger partial charge on any atom is -0.383 e. The van der Waals surface area contributed by atoms with Gasteiger partial charge in [-0.1, -0.05) is 37.9 Å². The number of nitrogens with zero attached hydrogens (tertiary/aromatic N) is 5. The third kappa shape index (κ3) is 4.54. The number of hydrogen-bond acceptors (Lipinski definition) is 7. The van der Waals surface area contributed by atoms with Crippen LogP contribution in [0.1, 0.15) is 88.9 Å². The monoisotopic (exact) mass is 487 g/mol. The average molecular weight is 488 g/mol. The number of rotatable bonds is 10. The summed E-state index contributed by atoms with van der Waals surface area (Å²) in [5.74, 6) is 1.57. The van der Waals surface area contributed by atoms with Crippen LogP contribution < -0.4 is 21.9 Å². The quantitative estimate of drug-likeness (QED) is 0.493. The number of carbonyl (C=O) groups excluding carboxylic acids is 1. The maximum absolute atomic E-state index is 13.6. The fourth-order valence-corrected chi connectivity index (χ4v) is 5.77. The smallest absolute Gasteiger partial charge is 0.330 e. The standard InChI is InChI=1S/C23H33N7O3S/c1-2-3-12-28-19(24)18(21(32)25-22(28)33)29(15-6-4-5-7-15)17(31)13-34-23-27-26-20(14-8-9-14)30(23)16-10-11-16/h14-16H,2-13,24H2,1H3,(H,25,32,33). The summed E-state index contributed by atoms with van der Waals surface area (Å²) < 4.78 is 3.61. The van der Waals surface area contributed by atoms with Crippen molar-refractivity contribution >= 4 is 29.2 Å². The molecule has 0 radical (unpaired) electrons. The Morgan fingerprint density at radius 3 is 2.53 bits per heavy atom. The van der Waals surface area contributed by atoms with Crippen LogP contribution in [0.15, 0.2) is 14.7 Å². The molecular formula is C23H33N7O3S. The number of thioether (sulfide) groups is 1. The second-order valence-corrected chi connectivity index (χ2v) is 10.6. The molecule has 3 aliphatic rings. The maximum Gasteiger partial charge on any atom is 0.330 e. The van der Waals surface area contributed by atoms with E-state index in [1.54, 1.807) is 4.90 Å². The highest BCUT2D eigenvalue weighted by molar-refractivity contribution is 7.99. The zero-order valence-electron chi connectivity index (χ0n) is 19.7. The summed E-state index contributed by atoms with van der Waals surface area (Å²) in [4.78, 5) is 42.9. The number of nitrogens with two attached hydrogens (primary N) is 1. The molecule has 0 aromatic carbocycles. The van der Waals surface area contributed by atoms with E-state index in [-0.39, 0.29) is 29.2 Å². The molecule has 3 fully saturated rings. The summed E-state index contributed by atoms with van der Waals surface area (Å²) in [5, 5.41) is 9.61. The molecule has 2 aromatic rings. The summed E-state index contributed by atoms with van der Waals surface area (Å²) in [6.07, 6.45) is 9.80. The lowest BCUT2D eigenvalue weighted by Gasteiger charge is -2.29. The summed E-state index contributed by atoms with van der Waals surface area (Å²) in [7, 11) is 0. The van der Waals surface area contributed by atoms with Crippen LogP contribution in [0.4, 0.5) is 11.5 Å². The highest BCUT2D eigenvalue weighted by atomic mass is 32.2. The molecule has 10 nitrogen and oxygen atoms in total. The molecule has 1 amide bonds. The first-order valence-electron chi connectivity index (χ1n) is 12.5. The molecule has 0 spiro atoms. The Labute approximate surface area is 202 Å². The largest absolute Gasteiger partial charge is 0.383 e. The Kier molecular flexibility index (Phi) is 6.54. The van der Waals surface area contributed by atoms with Gasteiger partial charge in [0.15, 0.2) is 10.8 Å². The van der Waals surface area contributed by atoms with Crippen molar-refractivity contribution in [1.29, 1.82) is 0 Å². The SMILES string of the molecule is CCCCn1c(N)c(N(C(=O)CSc2nnc(C3CC3)n2C2CC2)C2CCCC2)c(=O)[nH]c1=O. The molecule has 0 atom stereocenters. The van der Waals surface area contributed by atoms with E-state index in [9.17, 15) is 14.4 Å². The molecule has 2 heterocycles. The van der Waals surface area contributed by atoms with Crippen LogP contribution in [0.3, 0.4) is 0 Å². The minimum atomic E-state index is -0.599. The molecular weight excluding hydrogens is 454 g/mol. The van der Waals surface area contributed by atoms with E-state index < -0.39 is 11.2 Å². The van der Waals surface area contributed by atoms with Crippen LogP contribution in [-0.2, 0) is 11.3 Å². The van der Waals surface area contributed by atoms with Crippen molar-refractivity contribution in [3.63, 3.8) is 0 Å². The third-order valence-corrected chi connectivity index (χ3v) is 7.95. The average Bonchev–Trinajstić information content (AvgIpc) is 3.74. The number of amides is 1. The Balaban J connectivity index is 1.43. The van der Waals surface area contributed by atoms with Crippen LogP contribution in [0.25, 0.3) is 0 Å². The molecule has 34 heavy (non-hydrogen) atoms. The van der Waals surface area contributed by atoms with Gasteiger partial charge in [-0.05, 0) is 44.9 Å². The first-order valence-corrected chi connectivity index (χ1v) is 13.5. The number of hydrogen-bond donors (Lipinski definition) is 2. The van der Waals surface area contributed by atoms with Crippen molar-refractivity contribution < 1.29 is 4.79 Å². The number of nitrogen functional groups attached to an aromatic ring is 1. The normalized spacial score (nSPS) is 18.5. The number of aromatic amines is 1. The Bertz CT molecular complexity index is 1170. The maximum atomic E-state index is 13.6. The molecule has 2 aromatic heterocycles. The Hall–Kier alpha value is -2.56. The van der Waals surface area contributed by atoms with Gasteiger partial charge >= 0.3 is 5.69 Å². The van der Waals surface area contributed by atoms with Crippen molar-refractivity contribution in [1.82, 2.24) is 24.3 Å². The molecule has 0 bridgehead atoms. The number of anilines is 2. The summed E-state index contributed by atoms with van der Waals surface area (Å²) in [6, 6.07) is 0.340. The van der Waals surface area contributed by atoms with E-state index in [0.717, 1.165) is 75.2 Å². The fourth-order valence-electron chi connectivity index (χ4n) is 4.90. The van der Waals surface area contributed by atoms with Gasteiger partial charge in [-0.15, -0.1) is 10.2 Å². The van der Waals surface area contributed by atoms with Gasteiger partial charge < -0.3 is 15.2 Å². The first kappa shape index (κ1) is 23.2. The molecule has 184 valence electrons. The van der Waals surface area contributed by atoms with Crippen molar-refractivity contribution in [3.8, 4) is 0 Å². The predicted octanol–water partition coefficient (Wildman–Crippen LogP) is 2.79. The second-order valence-electron chi connectivity index (χ2n) is 9.71. The van der Waals surface area contributed by atoms with Crippen LogP contribution in [0.2, 0.25) is 0 Å². The number of aromatic nitrogens is 5. The first-order chi connectivity index (χ1) is 16.5. The van der Waals surface area contributed by atoms with Gasteiger partial charge in [0.2, 0.25) is 5.91 Å². The zero-order chi connectivity index (χ0) is 23.8. The van der Waals surface area contributed by atoms with Crippen molar-refractivity contribution in [2.75, 3.05) is 16.4 Å². The fraction of sp³-hybridized carbons (Fsp3) is 0.696. The lowest BCUT2D eigenvalue weighted by molar-refractivity contribution is -0.116. The molecule has 3 N–H and O–H groups in total. The molecule has 5 rings (SSSR count). The van der Waals surface area contributed by atoms with E-state index >= 15 is 0 Å². The van der Waals surface area contributed by atoms with Gasteiger partial charge in [-0.25, -0.2) is 4.79 Å². The zero-order valence-corrected chi connectivity index (χ0v) is 20.5. The van der Waals surface area contributed by atoms with Gasteiger partial charge in [0.25, 0.3) is 5.56 Å². The molecule has 0 aliphatic heterocycles. The number of carbonyl (C=O) groups is 1. The van der Waals surface area contributed by atoms with Gasteiger partial charge in [0.1, 0.15) is 11.6 Å². The molecule has 11 heteroatoms. The van der Waals surface area contributed by atoms with Crippen molar-refractivity contribution in [2.24, 2.45) is 0 Å². The van der Waals surface area contributed by atoms with Gasteiger partial charge in [0, 0.05) is 24.5 Å². The second kappa shape index (κ2) is 9.59. The topological polar surface area (TPSA) is 132 Å². The van der Waals surface area contributed by atoms with Gasteiger partial charge in [-0.2, -0.15) is 0 Å². The van der Waals surface area contributed by atoms with Crippen LogP contribution >= 0.6 is 11.8 Å². The van der Waals surface area contributed by atoms with E-state index in [1.807, 2.05) is 6.92 Å². The highest BCUT2D eigenvalue weighted by Gasteiger charge is 2.37. The molecule has 3 saturated carbocycles. The van der Waals surface area contributed by atoms with Crippen LogP contribution in [-0.4, -0.2) is 42.0 Å². The lowest BCUT2D eigenvalue weighted by Crippen LogP contribution is -2.46. The number of H-pyrrole nitrogens is 1. The minimum absolute atomic E-state index is 0.0737. The van der Waals surface area contributed by atoms with Gasteiger partial charge in [0.05, 0.1) is 5.75 Å². The molecule has 3 aliphatic carbocycles. The van der Waals surface area contributed by atoms with Crippen LogP contribution in [0.5, 0.6) is 0 Å². The summed E-state index contributed by atoms with van der Waals surface area (Å²) in [6.45, 7) is 2.43. The lowest BCUT2D eigenvalue weighted by atomic mass is 10.2.